The fourth-order valence-corrected chi connectivity index (χ4v) is 3.33. The molecule has 0 spiro atoms. The van der Waals surface area contributed by atoms with Crippen LogP contribution in [0.3, 0.4) is 0 Å². The molecule has 0 aliphatic rings. The van der Waals surface area contributed by atoms with Crippen molar-refractivity contribution >= 4 is 40.3 Å². The molecule has 3 aromatic carbocycles. The second-order valence-electron chi connectivity index (χ2n) is 7.33. The molecule has 3 N–H and O–H groups in total. The number of fused-ring (bicyclic) bond motifs is 1. The topological polar surface area (TPSA) is 68.0 Å². The van der Waals surface area contributed by atoms with E-state index >= 15 is 0 Å². The first-order valence-electron chi connectivity index (χ1n) is 9.82. The summed E-state index contributed by atoms with van der Waals surface area (Å²) in [6, 6.07) is 23.1. The minimum atomic E-state index is -0.210. The van der Waals surface area contributed by atoms with Crippen LogP contribution < -0.4 is 11.1 Å². The summed E-state index contributed by atoms with van der Waals surface area (Å²) >= 11 is 0. The van der Waals surface area contributed by atoms with Crippen LogP contribution in [-0.4, -0.2) is 10.9 Å². The van der Waals surface area contributed by atoms with Crippen molar-refractivity contribution in [3.05, 3.63) is 101 Å². The zero-order valence-corrected chi connectivity index (χ0v) is 17.0. The van der Waals surface area contributed by atoms with Gasteiger partial charge in [0, 0.05) is 5.39 Å². The zero-order chi connectivity index (χ0) is 21.1. The van der Waals surface area contributed by atoms with Crippen molar-refractivity contribution in [1.29, 1.82) is 0 Å². The first kappa shape index (κ1) is 19.4. The Labute approximate surface area is 176 Å². The minimum Gasteiger partial charge on any atom is -0.397 e. The summed E-state index contributed by atoms with van der Waals surface area (Å²) in [5.74, 6) is -0.210. The van der Waals surface area contributed by atoms with Crippen molar-refractivity contribution in [2.75, 3.05) is 11.1 Å². The average molecular weight is 393 g/mol. The number of para-hydroxylation sites is 2. The molecule has 1 heterocycles. The highest BCUT2D eigenvalue weighted by Gasteiger charge is 2.15. The minimum absolute atomic E-state index is 0.210. The van der Waals surface area contributed by atoms with Gasteiger partial charge in [-0.05, 0) is 66.9 Å². The van der Waals surface area contributed by atoms with Crippen molar-refractivity contribution < 1.29 is 4.79 Å². The molecule has 30 heavy (non-hydrogen) atoms. The lowest BCUT2D eigenvalue weighted by Crippen LogP contribution is -2.14. The Morgan fingerprint density at radius 1 is 0.900 bits per heavy atom. The number of aromatic nitrogens is 1. The third kappa shape index (κ3) is 4.08. The average Bonchev–Trinajstić information content (AvgIpc) is 2.75. The Balaban J connectivity index is 1.79. The molecule has 0 saturated heterocycles. The zero-order valence-electron chi connectivity index (χ0n) is 17.0. The maximum Gasteiger partial charge on any atom is 0.256 e. The molecule has 1 aromatic heterocycles. The van der Waals surface area contributed by atoms with E-state index in [0.29, 0.717) is 16.9 Å². The molecule has 148 valence electrons. The quantitative estimate of drug-likeness (QED) is 0.427. The maximum atomic E-state index is 13.2. The van der Waals surface area contributed by atoms with E-state index in [1.165, 1.54) is 0 Å². The highest BCUT2D eigenvalue weighted by Crippen LogP contribution is 2.25. The Hall–Kier alpha value is -3.92. The first-order chi connectivity index (χ1) is 14.5. The first-order valence-corrected chi connectivity index (χ1v) is 9.82. The monoisotopic (exact) mass is 393 g/mol. The Morgan fingerprint density at radius 2 is 1.60 bits per heavy atom. The van der Waals surface area contributed by atoms with Gasteiger partial charge in [-0.25, -0.2) is 4.98 Å². The highest BCUT2D eigenvalue weighted by atomic mass is 16.1. The molecule has 0 aliphatic heterocycles. The SMILES string of the molecule is Cc1cc2nc(/C=C/c3ccccc3)cc(C(=O)Nc3ccccc3N)c2cc1C. The van der Waals surface area contributed by atoms with Gasteiger partial charge < -0.3 is 11.1 Å². The van der Waals surface area contributed by atoms with Gasteiger partial charge in [-0.3, -0.25) is 4.79 Å². The Kier molecular flexibility index (Phi) is 5.31. The summed E-state index contributed by atoms with van der Waals surface area (Å²) in [5, 5.41) is 3.76. The summed E-state index contributed by atoms with van der Waals surface area (Å²) in [6.07, 6.45) is 3.92. The fraction of sp³-hybridized carbons (Fsp3) is 0.0769. The summed E-state index contributed by atoms with van der Waals surface area (Å²) < 4.78 is 0. The van der Waals surface area contributed by atoms with E-state index in [4.69, 9.17) is 10.7 Å². The third-order valence-corrected chi connectivity index (χ3v) is 5.14. The number of nitrogens with two attached hydrogens (primary N) is 1. The van der Waals surface area contributed by atoms with Gasteiger partial charge in [0.05, 0.1) is 28.1 Å². The molecule has 0 bridgehead atoms. The van der Waals surface area contributed by atoms with Gasteiger partial charge in [0.2, 0.25) is 0 Å². The molecule has 4 rings (SSSR count). The lowest BCUT2D eigenvalue weighted by atomic mass is 10.0. The number of benzene rings is 3. The predicted octanol–water partition coefficient (Wildman–Crippen LogP) is 5.86. The number of nitrogens with one attached hydrogen (secondary N) is 1. The highest BCUT2D eigenvalue weighted by molar-refractivity contribution is 6.13. The van der Waals surface area contributed by atoms with Gasteiger partial charge in [0.1, 0.15) is 0 Å². The van der Waals surface area contributed by atoms with Crippen LogP contribution in [0.15, 0.2) is 72.8 Å². The van der Waals surface area contributed by atoms with Crippen LogP contribution in [0.25, 0.3) is 23.1 Å². The number of nitrogen functional groups attached to an aromatic ring is 1. The molecule has 4 nitrogen and oxygen atoms in total. The molecule has 0 radical (unpaired) electrons. The van der Waals surface area contributed by atoms with Crippen LogP contribution in [0.2, 0.25) is 0 Å². The number of pyridine rings is 1. The summed E-state index contributed by atoms with van der Waals surface area (Å²) in [7, 11) is 0. The van der Waals surface area contributed by atoms with E-state index in [1.54, 1.807) is 12.1 Å². The molecule has 0 fully saturated rings. The van der Waals surface area contributed by atoms with E-state index in [1.807, 2.05) is 86.7 Å². The number of aryl methyl sites for hydroxylation is 2. The number of carbonyl (C=O) groups excluding carboxylic acids is 1. The van der Waals surface area contributed by atoms with Gasteiger partial charge in [-0.1, -0.05) is 48.5 Å². The van der Waals surface area contributed by atoms with Crippen LogP contribution in [-0.2, 0) is 0 Å². The smallest absolute Gasteiger partial charge is 0.256 e. The third-order valence-electron chi connectivity index (χ3n) is 5.14. The molecule has 0 unspecified atom stereocenters. The molecule has 1 amide bonds. The van der Waals surface area contributed by atoms with Crippen molar-refractivity contribution in [2.24, 2.45) is 0 Å². The largest absolute Gasteiger partial charge is 0.397 e. The standard InChI is InChI=1S/C26H23N3O/c1-17-14-21-22(26(30)29-24-11-7-6-10-23(24)27)16-20(28-25(21)15-18(17)2)13-12-19-8-4-3-5-9-19/h3-16H,27H2,1-2H3,(H,29,30)/b13-12+. The fourth-order valence-electron chi connectivity index (χ4n) is 3.33. The summed E-state index contributed by atoms with van der Waals surface area (Å²) in [4.78, 5) is 18.0. The van der Waals surface area contributed by atoms with E-state index in [-0.39, 0.29) is 5.91 Å². The number of amides is 1. The lowest BCUT2D eigenvalue weighted by Gasteiger charge is -2.12. The van der Waals surface area contributed by atoms with E-state index in [0.717, 1.165) is 33.3 Å². The number of carbonyl (C=O) groups is 1. The van der Waals surface area contributed by atoms with E-state index in [2.05, 4.69) is 5.32 Å². The van der Waals surface area contributed by atoms with Crippen LogP contribution in [0, 0.1) is 13.8 Å². The van der Waals surface area contributed by atoms with Crippen molar-refractivity contribution in [3.8, 4) is 0 Å². The Morgan fingerprint density at radius 3 is 2.37 bits per heavy atom. The second kappa shape index (κ2) is 8.21. The molecular formula is C26H23N3O. The summed E-state index contributed by atoms with van der Waals surface area (Å²) in [6.45, 7) is 4.09. The number of nitrogens with zero attached hydrogens (tertiary/aromatic N) is 1. The van der Waals surface area contributed by atoms with Crippen LogP contribution in [0.1, 0.15) is 32.7 Å². The van der Waals surface area contributed by atoms with Crippen molar-refractivity contribution in [3.63, 3.8) is 0 Å². The van der Waals surface area contributed by atoms with E-state index in [9.17, 15) is 4.79 Å². The number of anilines is 2. The predicted molar refractivity (Wildman–Crippen MR) is 125 cm³/mol. The van der Waals surface area contributed by atoms with Gasteiger partial charge in [-0.15, -0.1) is 0 Å². The van der Waals surface area contributed by atoms with Crippen molar-refractivity contribution in [1.82, 2.24) is 4.98 Å². The number of rotatable bonds is 4. The molecule has 4 aromatic rings. The normalized spacial score (nSPS) is 11.1. The van der Waals surface area contributed by atoms with Gasteiger partial charge >= 0.3 is 0 Å². The molecular weight excluding hydrogens is 370 g/mol. The van der Waals surface area contributed by atoms with Gasteiger partial charge in [-0.2, -0.15) is 0 Å². The number of hydrogen-bond donors (Lipinski definition) is 2. The van der Waals surface area contributed by atoms with Crippen LogP contribution in [0.4, 0.5) is 11.4 Å². The van der Waals surface area contributed by atoms with E-state index < -0.39 is 0 Å². The van der Waals surface area contributed by atoms with Crippen molar-refractivity contribution in [2.45, 2.75) is 13.8 Å². The molecule has 0 saturated carbocycles. The Bertz CT molecular complexity index is 1260. The second-order valence-corrected chi connectivity index (χ2v) is 7.33. The van der Waals surface area contributed by atoms with Gasteiger partial charge in [0.25, 0.3) is 5.91 Å². The van der Waals surface area contributed by atoms with Gasteiger partial charge in [0.15, 0.2) is 0 Å². The lowest BCUT2D eigenvalue weighted by molar-refractivity contribution is 0.102. The summed E-state index contributed by atoms with van der Waals surface area (Å²) in [5.41, 5.74) is 12.5. The molecule has 0 aliphatic carbocycles. The molecule has 0 atom stereocenters. The van der Waals surface area contributed by atoms with Crippen LogP contribution >= 0.6 is 0 Å². The molecule has 4 heteroatoms. The van der Waals surface area contributed by atoms with Crippen LogP contribution in [0.5, 0.6) is 0 Å². The maximum absolute atomic E-state index is 13.2. The number of hydrogen-bond acceptors (Lipinski definition) is 3.